The maximum absolute atomic E-state index is 11.4. The van der Waals surface area contributed by atoms with E-state index in [1.54, 1.807) is 6.07 Å². The zero-order chi connectivity index (χ0) is 15.4. The Balaban J connectivity index is 2.26. The molecule has 2 aromatic heterocycles. The number of aromatic nitrogens is 4. The molecule has 2 aromatic rings. The molecule has 0 aliphatic heterocycles. The predicted molar refractivity (Wildman–Crippen MR) is 78.7 cm³/mol. The first-order valence-electron chi connectivity index (χ1n) is 6.65. The molecule has 114 valence electrons. The lowest BCUT2D eigenvalue weighted by Gasteiger charge is -2.25. The first-order chi connectivity index (χ1) is 10.0. The molecule has 0 unspecified atom stereocenters. The molecule has 0 aromatic carbocycles. The molecule has 0 atom stereocenters. The van der Waals surface area contributed by atoms with E-state index in [0.29, 0.717) is 30.3 Å². The molecule has 0 amide bonds. The van der Waals surface area contributed by atoms with Gasteiger partial charge in [0.1, 0.15) is 18.0 Å². The summed E-state index contributed by atoms with van der Waals surface area (Å²) in [6.45, 7) is 5.50. The number of H-pyrrole nitrogens is 1. The van der Waals surface area contributed by atoms with Gasteiger partial charge in [0, 0.05) is 25.6 Å². The molecule has 0 fully saturated rings. The van der Waals surface area contributed by atoms with Crippen molar-refractivity contribution < 1.29 is 5.21 Å². The van der Waals surface area contributed by atoms with Crippen LogP contribution in [0.15, 0.2) is 22.3 Å². The lowest BCUT2D eigenvalue weighted by atomic mass is 10.2. The molecule has 0 spiro atoms. The Bertz CT molecular complexity index is 688. The second kappa shape index (κ2) is 6.25. The van der Waals surface area contributed by atoms with Gasteiger partial charge < -0.3 is 15.8 Å². The highest BCUT2D eigenvalue weighted by atomic mass is 16.4. The summed E-state index contributed by atoms with van der Waals surface area (Å²) < 4.78 is 1.33. The van der Waals surface area contributed by atoms with Gasteiger partial charge in [-0.2, -0.15) is 5.10 Å². The van der Waals surface area contributed by atoms with E-state index < -0.39 is 0 Å². The molecule has 0 saturated heterocycles. The first kappa shape index (κ1) is 14.8. The van der Waals surface area contributed by atoms with Crippen LogP contribution in [-0.2, 0) is 0 Å². The number of aromatic amines is 1. The van der Waals surface area contributed by atoms with E-state index in [0.717, 1.165) is 6.54 Å². The summed E-state index contributed by atoms with van der Waals surface area (Å²) in [5, 5.41) is 17.9. The van der Waals surface area contributed by atoms with E-state index in [9.17, 15) is 4.79 Å². The molecule has 0 aliphatic rings. The van der Waals surface area contributed by atoms with E-state index in [1.165, 1.54) is 10.7 Å². The van der Waals surface area contributed by atoms with Crippen LogP contribution in [0.3, 0.4) is 0 Å². The average Bonchev–Trinajstić information content (AvgIpc) is 2.83. The number of nitrogens with two attached hydrogens (primary N) is 1. The highest BCUT2D eigenvalue weighted by Gasteiger charge is 2.12. The lowest BCUT2D eigenvalue weighted by Crippen LogP contribution is -2.32. The zero-order valence-electron chi connectivity index (χ0n) is 12.0. The SMILES string of the molecule is CC(C)CN(CCC(N)=NO)c1cc2n[nH]c(=O)n2cn1. The molecule has 2 heterocycles. The Morgan fingerprint density at radius 2 is 2.38 bits per heavy atom. The van der Waals surface area contributed by atoms with Crippen LogP contribution in [0, 0.1) is 5.92 Å². The van der Waals surface area contributed by atoms with Crippen LogP contribution in [-0.4, -0.2) is 43.7 Å². The van der Waals surface area contributed by atoms with Gasteiger partial charge in [-0.25, -0.2) is 19.3 Å². The second-order valence-electron chi connectivity index (χ2n) is 5.19. The molecule has 0 bridgehead atoms. The van der Waals surface area contributed by atoms with Gasteiger partial charge in [0.25, 0.3) is 0 Å². The number of nitrogens with one attached hydrogen (secondary N) is 1. The fourth-order valence-electron chi connectivity index (χ4n) is 2.01. The van der Waals surface area contributed by atoms with E-state index in [2.05, 4.69) is 34.2 Å². The molecular weight excluding hydrogens is 274 g/mol. The van der Waals surface area contributed by atoms with E-state index in [4.69, 9.17) is 10.9 Å². The van der Waals surface area contributed by atoms with Gasteiger partial charge in [-0.1, -0.05) is 19.0 Å². The number of hydrogen-bond donors (Lipinski definition) is 3. The molecule has 0 aliphatic carbocycles. The Hall–Kier alpha value is -2.58. The molecule has 4 N–H and O–H groups in total. The third kappa shape index (κ3) is 3.50. The van der Waals surface area contributed by atoms with Crippen molar-refractivity contribution in [2.24, 2.45) is 16.8 Å². The molecule has 0 saturated carbocycles. The number of amidine groups is 1. The third-order valence-electron chi connectivity index (χ3n) is 2.97. The normalized spacial score (nSPS) is 12.2. The topological polar surface area (TPSA) is 125 Å². The van der Waals surface area contributed by atoms with Gasteiger partial charge in [0.05, 0.1) is 0 Å². The lowest BCUT2D eigenvalue weighted by molar-refractivity contribution is 0.317. The molecule has 21 heavy (non-hydrogen) atoms. The summed E-state index contributed by atoms with van der Waals surface area (Å²) >= 11 is 0. The Morgan fingerprint density at radius 3 is 3.05 bits per heavy atom. The average molecular weight is 293 g/mol. The highest BCUT2D eigenvalue weighted by molar-refractivity contribution is 5.80. The van der Waals surface area contributed by atoms with Crippen LogP contribution in [0.25, 0.3) is 5.65 Å². The fourth-order valence-corrected chi connectivity index (χ4v) is 2.01. The van der Waals surface area contributed by atoms with Crippen LogP contribution >= 0.6 is 0 Å². The summed E-state index contributed by atoms with van der Waals surface area (Å²) in [7, 11) is 0. The summed E-state index contributed by atoms with van der Waals surface area (Å²) in [5.41, 5.74) is 5.69. The Morgan fingerprint density at radius 1 is 1.62 bits per heavy atom. The third-order valence-corrected chi connectivity index (χ3v) is 2.97. The van der Waals surface area contributed by atoms with Gasteiger partial charge >= 0.3 is 5.69 Å². The van der Waals surface area contributed by atoms with Crippen molar-refractivity contribution >= 4 is 17.3 Å². The number of oxime groups is 1. The fraction of sp³-hybridized carbons (Fsp3) is 0.500. The maximum atomic E-state index is 11.4. The van der Waals surface area contributed by atoms with E-state index in [1.807, 2.05) is 4.90 Å². The van der Waals surface area contributed by atoms with Gasteiger partial charge in [0.15, 0.2) is 5.65 Å². The highest BCUT2D eigenvalue weighted by Crippen LogP contribution is 2.14. The molecule has 0 radical (unpaired) electrons. The van der Waals surface area contributed by atoms with E-state index in [-0.39, 0.29) is 11.5 Å². The molecule has 2 rings (SSSR count). The van der Waals surface area contributed by atoms with Crippen molar-refractivity contribution in [3.8, 4) is 0 Å². The van der Waals surface area contributed by atoms with Crippen LogP contribution < -0.4 is 16.3 Å². The maximum Gasteiger partial charge on any atom is 0.348 e. The summed E-state index contributed by atoms with van der Waals surface area (Å²) in [4.78, 5) is 17.7. The van der Waals surface area contributed by atoms with Crippen LogP contribution in [0.4, 0.5) is 5.82 Å². The summed E-state index contributed by atoms with van der Waals surface area (Å²) in [6, 6.07) is 1.73. The minimum absolute atomic E-state index is 0.167. The second-order valence-corrected chi connectivity index (χ2v) is 5.19. The number of nitrogens with zero attached hydrogens (tertiary/aromatic N) is 5. The summed E-state index contributed by atoms with van der Waals surface area (Å²) in [6.07, 6.45) is 1.86. The predicted octanol–water partition coefficient (Wildman–Crippen LogP) is 0.0165. The van der Waals surface area contributed by atoms with Crippen molar-refractivity contribution in [3.63, 3.8) is 0 Å². The van der Waals surface area contributed by atoms with Gasteiger partial charge in [-0.3, -0.25) is 0 Å². The Kier molecular flexibility index (Phi) is 4.41. The standard InChI is InChI=1S/C12H19N7O2/c1-8(2)6-18(4-3-9(13)17-21)10-5-11-15-16-12(20)19(11)7-14-10/h5,7-8,21H,3-4,6H2,1-2H3,(H2,13,17)(H,16,20). The number of hydrogen-bond acceptors (Lipinski definition) is 6. The van der Waals surface area contributed by atoms with Crippen LogP contribution in [0.2, 0.25) is 0 Å². The zero-order valence-corrected chi connectivity index (χ0v) is 12.0. The first-order valence-corrected chi connectivity index (χ1v) is 6.65. The summed E-state index contributed by atoms with van der Waals surface area (Å²) in [5.74, 6) is 1.28. The van der Waals surface area contributed by atoms with Crippen molar-refractivity contribution in [2.75, 3.05) is 18.0 Å². The van der Waals surface area contributed by atoms with Crippen molar-refractivity contribution in [1.29, 1.82) is 0 Å². The Labute approximate surface area is 121 Å². The van der Waals surface area contributed by atoms with Gasteiger partial charge in [0.2, 0.25) is 0 Å². The monoisotopic (exact) mass is 293 g/mol. The smallest absolute Gasteiger partial charge is 0.348 e. The molecule has 9 heteroatoms. The van der Waals surface area contributed by atoms with Crippen molar-refractivity contribution in [2.45, 2.75) is 20.3 Å². The minimum atomic E-state index is -0.323. The number of anilines is 1. The van der Waals surface area contributed by atoms with Gasteiger partial charge in [-0.15, -0.1) is 0 Å². The van der Waals surface area contributed by atoms with E-state index >= 15 is 0 Å². The largest absolute Gasteiger partial charge is 0.409 e. The number of rotatable bonds is 6. The molecule has 9 nitrogen and oxygen atoms in total. The van der Waals surface area contributed by atoms with Crippen molar-refractivity contribution in [3.05, 3.63) is 22.9 Å². The van der Waals surface area contributed by atoms with Crippen LogP contribution in [0.5, 0.6) is 0 Å². The number of fused-ring (bicyclic) bond motifs is 1. The minimum Gasteiger partial charge on any atom is -0.409 e. The van der Waals surface area contributed by atoms with Gasteiger partial charge in [-0.05, 0) is 5.92 Å². The molecular formula is C12H19N7O2. The quantitative estimate of drug-likeness (QED) is 0.298. The van der Waals surface area contributed by atoms with Crippen LogP contribution in [0.1, 0.15) is 20.3 Å². The van der Waals surface area contributed by atoms with Crippen molar-refractivity contribution in [1.82, 2.24) is 19.6 Å².